The van der Waals surface area contributed by atoms with Crippen molar-refractivity contribution in [2.45, 2.75) is 23.3 Å². The monoisotopic (exact) mass is 306 g/mol. The molecule has 0 radical (unpaired) electrons. The Bertz CT molecular complexity index is 494. The third-order valence-corrected chi connectivity index (χ3v) is 10.8. The molecule has 4 nitrogen and oxygen atoms in total. The standard InChI is InChI=1S/C8H12Cl2O4S2/c1-7-3-15(11,12)5(9)8(7,2)6(10)16(13,14)4-7/h5-6H,3-4H2,1-2H3/t5-,6-,7?,8?/m1/s1. The number of rotatable bonds is 0. The van der Waals surface area contributed by atoms with Gasteiger partial charge in [0.1, 0.15) is 9.42 Å². The molecule has 0 spiro atoms. The normalized spacial score (nSPS) is 53.8. The third kappa shape index (κ3) is 1.27. The van der Waals surface area contributed by atoms with Gasteiger partial charge >= 0.3 is 0 Å². The first-order valence-electron chi connectivity index (χ1n) is 4.69. The summed E-state index contributed by atoms with van der Waals surface area (Å²) in [5, 5.41) is 0. The third-order valence-electron chi connectivity index (χ3n) is 3.91. The van der Waals surface area contributed by atoms with E-state index in [1.807, 2.05) is 0 Å². The van der Waals surface area contributed by atoms with Crippen LogP contribution in [-0.4, -0.2) is 37.8 Å². The van der Waals surface area contributed by atoms with Gasteiger partial charge in [0.15, 0.2) is 19.7 Å². The van der Waals surface area contributed by atoms with E-state index in [2.05, 4.69) is 0 Å². The minimum Gasteiger partial charge on any atom is -0.227 e. The lowest BCUT2D eigenvalue weighted by Gasteiger charge is -2.34. The van der Waals surface area contributed by atoms with Crippen LogP contribution < -0.4 is 0 Å². The maximum absolute atomic E-state index is 11.8. The van der Waals surface area contributed by atoms with E-state index in [-0.39, 0.29) is 11.5 Å². The number of fused-ring (bicyclic) bond motifs is 1. The van der Waals surface area contributed by atoms with Crippen molar-refractivity contribution in [3.8, 4) is 0 Å². The number of sulfone groups is 2. The highest BCUT2D eigenvalue weighted by Gasteiger charge is 2.72. The highest BCUT2D eigenvalue weighted by atomic mass is 35.5. The Morgan fingerprint density at radius 3 is 1.50 bits per heavy atom. The maximum atomic E-state index is 11.8. The van der Waals surface area contributed by atoms with Crippen LogP contribution in [0.3, 0.4) is 0 Å². The van der Waals surface area contributed by atoms with E-state index >= 15 is 0 Å². The van der Waals surface area contributed by atoms with Crippen molar-refractivity contribution < 1.29 is 16.8 Å². The highest BCUT2D eigenvalue weighted by Crippen LogP contribution is 2.63. The first kappa shape index (κ1) is 12.9. The fraction of sp³-hybridized carbons (Fsp3) is 1.00. The fourth-order valence-corrected chi connectivity index (χ4v) is 9.60. The van der Waals surface area contributed by atoms with Gasteiger partial charge in [0, 0.05) is 10.8 Å². The van der Waals surface area contributed by atoms with Gasteiger partial charge in [-0.3, -0.25) is 0 Å². The lowest BCUT2D eigenvalue weighted by Crippen LogP contribution is -2.41. The Hall–Kier alpha value is 0.480. The fourth-order valence-electron chi connectivity index (χ4n) is 2.78. The average molecular weight is 307 g/mol. The van der Waals surface area contributed by atoms with Gasteiger partial charge in [-0.15, -0.1) is 23.2 Å². The van der Waals surface area contributed by atoms with E-state index in [0.29, 0.717) is 0 Å². The molecular formula is C8H12Cl2O4S2. The van der Waals surface area contributed by atoms with E-state index in [0.717, 1.165) is 0 Å². The molecule has 16 heavy (non-hydrogen) atoms. The van der Waals surface area contributed by atoms with Crippen LogP contribution in [0, 0.1) is 10.8 Å². The predicted molar refractivity (Wildman–Crippen MR) is 63.1 cm³/mol. The molecule has 0 bridgehead atoms. The van der Waals surface area contributed by atoms with Gasteiger partial charge in [-0.05, 0) is 0 Å². The molecule has 2 saturated heterocycles. The van der Waals surface area contributed by atoms with Gasteiger partial charge in [0.05, 0.1) is 11.5 Å². The van der Waals surface area contributed by atoms with Gasteiger partial charge in [-0.2, -0.15) is 0 Å². The molecule has 0 aromatic rings. The van der Waals surface area contributed by atoms with Crippen LogP contribution in [0.4, 0.5) is 0 Å². The summed E-state index contributed by atoms with van der Waals surface area (Å²) in [6.45, 7) is 3.18. The number of alkyl halides is 2. The first-order valence-corrected chi connectivity index (χ1v) is 8.99. The molecule has 2 aliphatic heterocycles. The van der Waals surface area contributed by atoms with Crippen molar-refractivity contribution in [3.63, 3.8) is 0 Å². The zero-order chi connectivity index (χ0) is 12.6. The molecule has 0 amide bonds. The number of hydrogen-bond acceptors (Lipinski definition) is 4. The van der Waals surface area contributed by atoms with Crippen molar-refractivity contribution in [2.75, 3.05) is 11.5 Å². The summed E-state index contributed by atoms with van der Waals surface area (Å²) < 4.78 is 44.6. The SMILES string of the molecule is CC12CS(=O)(=O)[C@@H](Cl)C1(C)[C@H](Cl)S(=O)(=O)C2. The maximum Gasteiger partial charge on any atom is 0.168 e. The number of hydrogen-bond donors (Lipinski definition) is 0. The van der Waals surface area contributed by atoms with E-state index in [9.17, 15) is 16.8 Å². The Labute approximate surface area is 105 Å². The molecule has 0 unspecified atom stereocenters. The molecule has 0 saturated carbocycles. The van der Waals surface area contributed by atoms with Crippen LogP contribution in [-0.2, 0) is 19.7 Å². The zero-order valence-electron chi connectivity index (χ0n) is 8.77. The Morgan fingerprint density at radius 1 is 0.938 bits per heavy atom. The van der Waals surface area contributed by atoms with Crippen LogP contribution >= 0.6 is 23.2 Å². The summed E-state index contributed by atoms with van der Waals surface area (Å²) in [7, 11) is -6.94. The average Bonchev–Trinajstić information content (AvgIpc) is 2.30. The molecule has 2 rings (SSSR count). The smallest absolute Gasteiger partial charge is 0.168 e. The molecule has 8 heteroatoms. The molecule has 0 aromatic carbocycles. The molecule has 0 aromatic heterocycles. The van der Waals surface area contributed by atoms with E-state index in [1.165, 1.54) is 0 Å². The predicted octanol–water partition coefficient (Wildman–Crippen LogP) is 0.986. The molecule has 94 valence electrons. The second kappa shape index (κ2) is 3.08. The lowest BCUT2D eigenvalue weighted by molar-refractivity contribution is 0.189. The minimum atomic E-state index is -3.47. The van der Waals surface area contributed by atoms with E-state index in [1.54, 1.807) is 13.8 Å². The van der Waals surface area contributed by atoms with Gasteiger partial charge in [-0.25, -0.2) is 16.8 Å². The molecule has 2 fully saturated rings. The van der Waals surface area contributed by atoms with Crippen molar-refractivity contribution in [1.82, 2.24) is 0 Å². The van der Waals surface area contributed by atoms with Gasteiger partial charge in [0.25, 0.3) is 0 Å². The zero-order valence-corrected chi connectivity index (χ0v) is 11.9. The lowest BCUT2D eigenvalue weighted by atomic mass is 9.70. The van der Waals surface area contributed by atoms with Crippen LogP contribution in [0.15, 0.2) is 0 Å². The summed E-state index contributed by atoms with van der Waals surface area (Å²) in [5.74, 6) is -0.430. The summed E-state index contributed by atoms with van der Waals surface area (Å²) >= 11 is 11.8. The van der Waals surface area contributed by atoms with Gasteiger partial charge < -0.3 is 0 Å². The van der Waals surface area contributed by atoms with Gasteiger partial charge in [0.2, 0.25) is 0 Å². The summed E-state index contributed by atoms with van der Waals surface area (Å²) in [5.41, 5.74) is -2.00. The molecule has 2 aliphatic rings. The second-order valence-electron chi connectivity index (χ2n) is 5.09. The Kier molecular flexibility index (Phi) is 2.49. The van der Waals surface area contributed by atoms with Crippen molar-refractivity contribution >= 4 is 42.9 Å². The van der Waals surface area contributed by atoms with Crippen LogP contribution in [0.1, 0.15) is 13.8 Å². The summed E-state index contributed by atoms with van der Waals surface area (Å²) in [6.07, 6.45) is 0. The summed E-state index contributed by atoms with van der Waals surface area (Å²) in [6, 6.07) is 0. The molecular weight excluding hydrogens is 295 g/mol. The van der Waals surface area contributed by atoms with Gasteiger partial charge in [-0.1, -0.05) is 13.8 Å². The van der Waals surface area contributed by atoms with E-state index < -0.39 is 39.9 Å². The largest absolute Gasteiger partial charge is 0.227 e. The van der Waals surface area contributed by atoms with Crippen LogP contribution in [0.25, 0.3) is 0 Å². The van der Waals surface area contributed by atoms with Crippen molar-refractivity contribution in [3.05, 3.63) is 0 Å². The topological polar surface area (TPSA) is 68.3 Å². The molecule has 2 heterocycles. The Morgan fingerprint density at radius 2 is 1.25 bits per heavy atom. The van der Waals surface area contributed by atoms with E-state index in [4.69, 9.17) is 23.2 Å². The van der Waals surface area contributed by atoms with Crippen LogP contribution in [0.2, 0.25) is 0 Å². The quantitative estimate of drug-likeness (QED) is 0.626. The van der Waals surface area contributed by atoms with Crippen LogP contribution in [0.5, 0.6) is 0 Å². The number of halogens is 2. The Balaban J connectivity index is 2.70. The van der Waals surface area contributed by atoms with Crippen molar-refractivity contribution in [1.29, 1.82) is 0 Å². The minimum absolute atomic E-state index is 0.215. The molecule has 0 N–H and O–H groups in total. The molecule has 0 aliphatic carbocycles. The second-order valence-corrected chi connectivity index (χ2v) is 10.7. The molecule has 2 atom stereocenters. The highest BCUT2D eigenvalue weighted by molar-refractivity contribution is 7.95. The first-order chi connectivity index (χ1) is 6.97. The summed E-state index contributed by atoms with van der Waals surface area (Å²) in [4.78, 5) is 0. The van der Waals surface area contributed by atoms with Crippen molar-refractivity contribution in [2.24, 2.45) is 10.8 Å².